The fourth-order valence-corrected chi connectivity index (χ4v) is 1.98. The summed E-state index contributed by atoms with van der Waals surface area (Å²) in [6.45, 7) is 8.80. The molecular formula is C16H25ClFIN4O. The Kier molecular flexibility index (Phi) is 10.2. The molecule has 0 heterocycles. The minimum Gasteiger partial charge on any atom is -0.357 e. The van der Waals surface area contributed by atoms with Crippen molar-refractivity contribution in [1.29, 1.82) is 0 Å². The third-order valence-corrected chi connectivity index (χ3v) is 2.97. The van der Waals surface area contributed by atoms with E-state index in [0.29, 0.717) is 19.0 Å². The lowest BCUT2D eigenvalue weighted by Gasteiger charge is -2.21. The van der Waals surface area contributed by atoms with E-state index in [0.717, 1.165) is 5.56 Å². The van der Waals surface area contributed by atoms with Gasteiger partial charge in [0.05, 0.1) is 18.1 Å². The topological polar surface area (TPSA) is 65.5 Å². The van der Waals surface area contributed by atoms with Gasteiger partial charge in [-0.05, 0) is 45.4 Å². The Hall–Kier alpha value is -1.09. The number of amides is 1. The molecule has 0 unspecified atom stereocenters. The SMILES string of the molecule is CCNC(=NCc1ccc(F)c(Cl)c1)NCC(=O)NC(C)(C)C.I. The summed E-state index contributed by atoms with van der Waals surface area (Å²) in [4.78, 5) is 16.2. The molecule has 0 aliphatic heterocycles. The molecule has 136 valence electrons. The summed E-state index contributed by atoms with van der Waals surface area (Å²) in [6, 6.07) is 4.47. The second kappa shape index (κ2) is 10.7. The summed E-state index contributed by atoms with van der Waals surface area (Å²) in [6.07, 6.45) is 0. The third kappa shape index (κ3) is 9.27. The first-order valence-corrected chi connectivity index (χ1v) is 7.86. The van der Waals surface area contributed by atoms with Crippen LogP contribution in [0.3, 0.4) is 0 Å². The average Bonchev–Trinajstić information content (AvgIpc) is 2.43. The Labute approximate surface area is 164 Å². The van der Waals surface area contributed by atoms with Crippen LogP contribution in [0.2, 0.25) is 5.02 Å². The molecule has 0 aliphatic rings. The molecular weight excluding hydrogens is 446 g/mol. The van der Waals surface area contributed by atoms with Crippen molar-refractivity contribution < 1.29 is 9.18 Å². The average molecular weight is 471 g/mol. The maximum Gasteiger partial charge on any atom is 0.239 e. The summed E-state index contributed by atoms with van der Waals surface area (Å²) < 4.78 is 13.1. The van der Waals surface area contributed by atoms with Crippen LogP contribution in [0, 0.1) is 5.82 Å². The molecule has 1 aromatic carbocycles. The minimum atomic E-state index is -0.455. The number of rotatable bonds is 5. The van der Waals surface area contributed by atoms with Gasteiger partial charge in [0.2, 0.25) is 5.91 Å². The van der Waals surface area contributed by atoms with Gasteiger partial charge in [-0.25, -0.2) is 9.38 Å². The first-order valence-electron chi connectivity index (χ1n) is 7.48. The normalized spacial score (nSPS) is 11.5. The Morgan fingerprint density at radius 2 is 1.96 bits per heavy atom. The highest BCUT2D eigenvalue weighted by Gasteiger charge is 2.13. The molecule has 0 spiro atoms. The molecule has 0 bridgehead atoms. The minimum absolute atomic E-state index is 0. The van der Waals surface area contributed by atoms with Crippen LogP contribution in [0.15, 0.2) is 23.2 Å². The van der Waals surface area contributed by atoms with E-state index >= 15 is 0 Å². The lowest BCUT2D eigenvalue weighted by atomic mass is 10.1. The van der Waals surface area contributed by atoms with Crippen LogP contribution in [0.4, 0.5) is 4.39 Å². The van der Waals surface area contributed by atoms with Crippen molar-refractivity contribution in [3.05, 3.63) is 34.6 Å². The van der Waals surface area contributed by atoms with Crippen LogP contribution in [-0.2, 0) is 11.3 Å². The van der Waals surface area contributed by atoms with E-state index in [4.69, 9.17) is 11.6 Å². The highest BCUT2D eigenvalue weighted by atomic mass is 127. The summed E-state index contributed by atoms with van der Waals surface area (Å²) >= 11 is 5.75. The lowest BCUT2D eigenvalue weighted by Crippen LogP contribution is -2.48. The summed E-state index contributed by atoms with van der Waals surface area (Å²) in [5.41, 5.74) is 0.506. The molecule has 0 saturated carbocycles. The molecule has 1 aromatic rings. The van der Waals surface area contributed by atoms with E-state index in [1.54, 1.807) is 6.07 Å². The smallest absolute Gasteiger partial charge is 0.239 e. The van der Waals surface area contributed by atoms with Crippen molar-refractivity contribution in [3.63, 3.8) is 0 Å². The molecule has 0 radical (unpaired) electrons. The second-order valence-electron chi connectivity index (χ2n) is 6.10. The maximum atomic E-state index is 13.1. The molecule has 8 heteroatoms. The fourth-order valence-electron chi connectivity index (χ4n) is 1.78. The Morgan fingerprint density at radius 3 is 2.50 bits per heavy atom. The number of nitrogens with zero attached hydrogens (tertiary/aromatic N) is 1. The van der Waals surface area contributed by atoms with Gasteiger partial charge in [0.15, 0.2) is 5.96 Å². The van der Waals surface area contributed by atoms with Gasteiger partial charge in [0.25, 0.3) is 0 Å². The number of guanidine groups is 1. The van der Waals surface area contributed by atoms with Gasteiger partial charge in [-0.2, -0.15) is 0 Å². The number of carbonyl (C=O) groups is 1. The van der Waals surface area contributed by atoms with Crippen LogP contribution in [0.25, 0.3) is 0 Å². The molecule has 0 atom stereocenters. The van der Waals surface area contributed by atoms with Gasteiger partial charge < -0.3 is 16.0 Å². The molecule has 1 amide bonds. The summed E-state index contributed by atoms with van der Waals surface area (Å²) in [5.74, 6) is -0.0618. The van der Waals surface area contributed by atoms with Gasteiger partial charge in [-0.15, -0.1) is 24.0 Å². The predicted octanol–water partition coefficient (Wildman–Crippen LogP) is 3.07. The zero-order chi connectivity index (χ0) is 17.5. The molecule has 24 heavy (non-hydrogen) atoms. The van der Waals surface area contributed by atoms with Crippen molar-refractivity contribution in [1.82, 2.24) is 16.0 Å². The molecule has 0 saturated heterocycles. The van der Waals surface area contributed by atoms with Crippen LogP contribution in [0.5, 0.6) is 0 Å². The van der Waals surface area contributed by atoms with E-state index in [2.05, 4.69) is 20.9 Å². The number of carbonyl (C=O) groups excluding carboxylic acids is 1. The first kappa shape index (κ1) is 22.9. The lowest BCUT2D eigenvalue weighted by molar-refractivity contribution is -0.121. The van der Waals surface area contributed by atoms with Crippen LogP contribution in [0.1, 0.15) is 33.3 Å². The van der Waals surface area contributed by atoms with Gasteiger partial charge >= 0.3 is 0 Å². The summed E-state index contributed by atoms with van der Waals surface area (Å²) in [7, 11) is 0. The Morgan fingerprint density at radius 1 is 1.29 bits per heavy atom. The van der Waals surface area contributed by atoms with E-state index < -0.39 is 5.82 Å². The highest BCUT2D eigenvalue weighted by Crippen LogP contribution is 2.16. The van der Waals surface area contributed by atoms with Crippen molar-refractivity contribution in [3.8, 4) is 0 Å². The van der Waals surface area contributed by atoms with Crippen LogP contribution < -0.4 is 16.0 Å². The molecule has 1 rings (SSSR count). The van der Waals surface area contributed by atoms with E-state index in [1.807, 2.05) is 27.7 Å². The molecule has 5 nitrogen and oxygen atoms in total. The molecule has 0 aliphatic carbocycles. The van der Waals surface area contributed by atoms with Crippen molar-refractivity contribution in [2.75, 3.05) is 13.1 Å². The molecule has 0 aromatic heterocycles. The van der Waals surface area contributed by atoms with Crippen LogP contribution >= 0.6 is 35.6 Å². The number of benzene rings is 1. The number of nitrogens with one attached hydrogen (secondary N) is 3. The van der Waals surface area contributed by atoms with E-state index in [9.17, 15) is 9.18 Å². The van der Waals surface area contributed by atoms with E-state index in [1.165, 1.54) is 12.1 Å². The largest absolute Gasteiger partial charge is 0.357 e. The third-order valence-electron chi connectivity index (χ3n) is 2.68. The Bertz CT molecular complexity index is 576. The van der Waals surface area contributed by atoms with Gasteiger partial charge in [0, 0.05) is 12.1 Å². The fraction of sp³-hybridized carbons (Fsp3) is 0.500. The second-order valence-corrected chi connectivity index (χ2v) is 6.50. The van der Waals surface area contributed by atoms with Crippen molar-refractivity contribution in [2.45, 2.75) is 39.8 Å². The predicted molar refractivity (Wildman–Crippen MR) is 108 cm³/mol. The van der Waals surface area contributed by atoms with Gasteiger partial charge in [-0.1, -0.05) is 17.7 Å². The molecule has 3 N–H and O–H groups in total. The quantitative estimate of drug-likeness (QED) is 0.352. The highest BCUT2D eigenvalue weighted by molar-refractivity contribution is 14.0. The number of halogens is 3. The maximum absolute atomic E-state index is 13.1. The van der Waals surface area contributed by atoms with Gasteiger partial charge in [0.1, 0.15) is 5.82 Å². The molecule has 0 fully saturated rings. The van der Waals surface area contributed by atoms with Crippen LogP contribution in [-0.4, -0.2) is 30.5 Å². The first-order chi connectivity index (χ1) is 10.7. The van der Waals surface area contributed by atoms with Gasteiger partial charge in [-0.3, -0.25) is 4.79 Å². The number of hydrogen-bond acceptors (Lipinski definition) is 2. The van der Waals surface area contributed by atoms with E-state index in [-0.39, 0.29) is 47.0 Å². The monoisotopic (exact) mass is 470 g/mol. The standard InChI is InChI=1S/C16H24ClFN4O.HI/c1-5-19-15(21-10-14(23)22-16(2,3)4)20-9-11-6-7-13(18)12(17)8-11;/h6-8H,5,9-10H2,1-4H3,(H,22,23)(H2,19,20,21);1H. The zero-order valence-corrected chi connectivity index (χ0v) is 17.5. The summed E-state index contributed by atoms with van der Waals surface area (Å²) in [5, 5.41) is 8.94. The Balaban J connectivity index is 0.00000529. The van der Waals surface area contributed by atoms with Crippen molar-refractivity contribution >= 4 is 47.4 Å². The number of hydrogen-bond donors (Lipinski definition) is 3. The zero-order valence-electron chi connectivity index (χ0n) is 14.4. The van der Waals surface area contributed by atoms with Crippen molar-refractivity contribution in [2.24, 2.45) is 4.99 Å². The number of aliphatic imine (C=N–C) groups is 1.